The van der Waals surface area contributed by atoms with Crippen LogP contribution < -0.4 is 5.32 Å². The molecular weight excluding hydrogens is 270 g/mol. The number of aromatic amines is 1. The molecule has 0 aliphatic heterocycles. The molecule has 0 atom stereocenters. The molecule has 0 spiro atoms. The maximum absolute atomic E-state index is 11.1. The number of aromatic nitrogens is 3. The lowest BCUT2D eigenvalue weighted by Gasteiger charge is -2.09. The van der Waals surface area contributed by atoms with Crippen LogP contribution in [0.5, 0.6) is 0 Å². The van der Waals surface area contributed by atoms with Gasteiger partial charge < -0.3 is 5.32 Å². The van der Waals surface area contributed by atoms with Crippen LogP contribution in [-0.4, -0.2) is 20.1 Å². The summed E-state index contributed by atoms with van der Waals surface area (Å²) in [5.74, 6) is 0. The molecule has 7 heteroatoms. The van der Waals surface area contributed by atoms with Gasteiger partial charge in [0.2, 0.25) is 0 Å². The zero-order valence-corrected chi connectivity index (χ0v) is 11.3. The van der Waals surface area contributed by atoms with E-state index in [-0.39, 0.29) is 5.69 Å². The minimum Gasteiger partial charge on any atom is -0.379 e. The van der Waals surface area contributed by atoms with Crippen LogP contribution in [-0.2, 0) is 6.54 Å². The number of hydrogen-bond donors (Lipinski definition) is 2. The van der Waals surface area contributed by atoms with Crippen molar-refractivity contribution >= 4 is 22.1 Å². The van der Waals surface area contributed by atoms with E-state index < -0.39 is 4.92 Å². The molecule has 0 saturated carbocycles. The van der Waals surface area contributed by atoms with E-state index in [0.29, 0.717) is 11.9 Å². The number of nitrogens with zero attached hydrogens (tertiary/aromatic N) is 3. The van der Waals surface area contributed by atoms with Gasteiger partial charge in [-0.15, -0.1) is 0 Å². The standard InChI is InChI=1S/C14H13N5O2/c1-9-6-11-12(8-15-9)14(19(20)21)3-2-13(11)16-7-10-4-5-17-18-10/h2-6,8,16H,7H2,1H3,(H,17,18). The van der Waals surface area contributed by atoms with Gasteiger partial charge in [0.1, 0.15) is 0 Å². The molecule has 0 amide bonds. The third-order valence-electron chi connectivity index (χ3n) is 3.24. The molecule has 0 aliphatic carbocycles. The fourth-order valence-corrected chi connectivity index (χ4v) is 2.22. The molecule has 21 heavy (non-hydrogen) atoms. The highest BCUT2D eigenvalue weighted by Gasteiger charge is 2.14. The molecule has 106 valence electrons. The number of anilines is 1. The minimum absolute atomic E-state index is 0.0598. The predicted octanol–water partition coefficient (Wildman–Crippen LogP) is 2.79. The average Bonchev–Trinajstić information content (AvgIpc) is 2.97. The van der Waals surface area contributed by atoms with Crippen LogP contribution in [0.1, 0.15) is 11.4 Å². The SMILES string of the molecule is Cc1cc2c(NCc3ccn[nH]3)ccc([N+](=O)[O-])c2cn1. The summed E-state index contributed by atoms with van der Waals surface area (Å²) in [6.07, 6.45) is 3.23. The Morgan fingerprint density at radius 2 is 2.19 bits per heavy atom. The second-order valence-electron chi connectivity index (χ2n) is 4.70. The molecule has 0 bridgehead atoms. The first-order valence-electron chi connectivity index (χ1n) is 6.41. The highest BCUT2D eigenvalue weighted by atomic mass is 16.6. The fourth-order valence-electron chi connectivity index (χ4n) is 2.22. The lowest BCUT2D eigenvalue weighted by Crippen LogP contribution is -2.02. The summed E-state index contributed by atoms with van der Waals surface area (Å²) in [5.41, 5.74) is 2.64. The van der Waals surface area contributed by atoms with Crippen LogP contribution in [0, 0.1) is 17.0 Å². The second-order valence-corrected chi connectivity index (χ2v) is 4.70. The van der Waals surface area contributed by atoms with Crippen LogP contribution in [0.25, 0.3) is 10.8 Å². The van der Waals surface area contributed by atoms with E-state index in [4.69, 9.17) is 0 Å². The maximum atomic E-state index is 11.1. The topological polar surface area (TPSA) is 96.7 Å². The van der Waals surface area contributed by atoms with Crippen molar-refractivity contribution < 1.29 is 4.92 Å². The average molecular weight is 283 g/mol. The number of nitro benzene ring substituents is 1. The first-order chi connectivity index (χ1) is 10.1. The van der Waals surface area contributed by atoms with Gasteiger partial charge in [-0.2, -0.15) is 5.10 Å². The Labute approximate surface area is 120 Å². The number of rotatable bonds is 4. The summed E-state index contributed by atoms with van der Waals surface area (Å²) >= 11 is 0. The zero-order valence-electron chi connectivity index (χ0n) is 11.3. The Bertz CT molecular complexity index is 798. The predicted molar refractivity (Wildman–Crippen MR) is 79.0 cm³/mol. The van der Waals surface area contributed by atoms with Gasteiger partial charge >= 0.3 is 0 Å². The number of nitrogens with one attached hydrogen (secondary N) is 2. The number of aryl methyl sites for hydroxylation is 1. The monoisotopic (exact) mass is 283 g/mol. The number of H-pyrrole nitrogens is 1. The summed E-state index contributed by atoms with van der Waals surface area (Å²) in [5, 5.41) is 22.4. The molecule has 2 aromatic heterocycles. The summed E-state index contributed by atoms with van der Waals surface area (Å²) in [6, 6.07) is 6.93. The van der Waals surface area contributed by atoms with Crippen molar-refractivity contribution in [3.63, 3.8) is 0 Å². The summed E-state index contributed by atoms with van der Waals surface area (Å²) in [6.45, 7) is 2.42. The maximum Gasteiger partial charge on any atom is 0.278 e. The van der Waals surface area contributed by atoms with Crippen molar-refractivity contribution in [3.05, 3.63) is 58.2 Å². The highest BCUT2D eigenvalue weighted by molar-refractivity contribution is 5.99. The largest absolute Gasteiger partial charge is 0.379 e. The molecule has 0 saturated heterocycles. The van der Waals surface area contributed by atoms with Crippen molar-refractivity contribution in [2.24, 2.45) is 0 Å². The van der Waals surface area contributed by atoms with Gasteiger partial charge in [0.05, 0.1) is 22.5 Å². The molecule has 2 heterocycles. The van der Waals surface area contributed by atoms with E-state index in [1.54, 1.807) is 18.5 Å². The van der Waals surface area contributed by atoms with E-state index in [2.05, 4.69) is 20.5 Å². The molecule has 0 unspecified atom stereocenters. The van der Waals surface area contributed by atoms with Gasteiger partial charge in [-0.05, 0) is 25.1 Å². The molecule has 0 radical (unpaired) electrons. The third-order valence-corrected chi connectivity index (χ3v) is 3.24. The normalized spacial score (nSPS) is 10.7. The van der Waals surface area contributed by atoms with E-state index in [0.717, 1.165) is 22.5 Å². The molecule has 0 aliphatic rings. The highest BCUT2D eigenvalue weighted by Crippen LogP contribution is 2.31. The molecular formula is C14H13N5O2. The number of benzene rings is 1. The van der Waals surface area contributed by atoms with Crippen molar-refractivity contribution in [2.75, 3.05) is 5.32 Å². The first-order valence-corrected chi connectivity index (χ1v) is 6.41. The smallest absolute Gasteiger partial charge is 0.278 e. The molecule has 3 aromatic rings. The number of nitro groups is 1. The fraction of sp³-hybridized carbons (Fsp3) is 0.143. The van der Waals surface area contributed by atoms with E-state index in [1.165, 1.54) is 6.07 Å². The minimum atomic E-state index is -0.391. The molecule has 3 rings (SSSR count). The quantitative estimate of drug-likeness (QED) is 0.567. The number of pyridine rings is 1. The molecule has 1 aromatic carbocycles. The van der Waals surface area contributed by atoms with Gasteiger partial charge in [0.25, 0.3) is 5.69 Å². The Hall–Kier alpha value is -2.96. The zero-order chi connectivity index (χ0) is 14.8. The van der Waals surface area contributed by atoms with Crippen molar-refractivity contribution in [1.82, 2.24) is 15.2 Å². The molecule has 2 N–H and O–H groups in total. The van der Waals surface area contributed by atoms with E-state index in [1.807, 2.05) is 19.1 Å². The Morgan fingerprint density at radius 1 is 1.33 bits per heavy atom. The van der Waals surface area contributed by atoms with Crippen LogP contribution in [0.4, 0.5) is 11.4 Å². The molecule has 7 nitrogen and oxygen atoms in total. The number of non-ortho nitro benzene ring substituents is 1. The Kier molecular flexibility index (Phi) is 3.23. The lowest BCUT2D eigenvalue weighted by atomic mass is 10.1. The summed E-state index contributed by atoms with van der Waals surface area (Å²) < 4.78 is 0. The Balaban J connectivity index is 2.04. The van der Waals surface area contributed by atoms with Crippen LogP contribution in [0.2, 0.25) is 0 Å². The van der Waals surface area contributed by atoms with Crippen LogP contribution in [0.15, 0.2) is 36.7 Å². The first kappa shape index (κ1) is 13.0. The van der Waals surface area contributed by atoms with Crippen molar-refractivity contribution in [3.8, 4) is 0 Å². The van der Waals surface area contributed by atoms with Gasteiger partial charge in [-0.1, -0.05) is 0 Å². The lowest BCUT2D eigenvalue weighted by molar-refractivity contribution is -0.383. The van der Waals surface area contributed by atoms with Crippen LogP contribution >= 0.6 is 0 Å². The Morgan fingerprint density at radius 3 is 2.90 bits per heavy atom. The van der Waals surface area contributed by atoms with Crippen molar-refractivity contribution in [1.29, 1.82) is 0 Å². The summed E-state index contributed by atoms with van der Waals surface area (Å²) in [4.78, 5) is 14.9. The van der Waals surface area contributed by atoms with E-state index >= 15 is 0 Å². The molecule has 0 fully saturated rings. The number of fused-ring (bicyclic) bond motifs is 1. The van der Waals surface area contributed by atoms with Crippen LogP contribution in [0.3, 0.4) is 0 Å². The number of hydrogen-bond acceptors (Lipinski definition) is 5. The second kappa shape index (κ2) is 5.20. The van der Waals surface area contributed by atoms with Gasteiger partial charge in [-0.3, -0.25) is 20.2 Å². The van der Waals surface area contributed by atoms with Gasteiger partial charge in [0.15, 0.2) is 0 Å². The van der Waals surface area contributed by atoms with Crippen molar-refractivity contribution in [2.45, 2.75) is 13.5 Å². The van der Waals surface area contributed by atoms with E-state index in [9.17, 15) is 10.1 Å². The third kappa shape index (κ3) is 2.53. The van der Waals surface area contributed by atoms with Gasteiger partial charge in [0, 0.05) is 35.2 Å². The van der Waals surface area contributed by atoms with Gasteiger partial charge in [-0.25, -0.2) is 0 Å². The summed E-state index contributed by atoms with van der Waals surface area (Å²) in [7, 11) is 0.